The fourth-order valence-electron chi connectivity index (χ4n) is 3.56. The summed E-state index contributed by atoms with van der Waals surface area (Å²) >= 11 is 0. The number of carbonyl (C=O) groups is 2. The van der Waals surface area contributed by atoms with Gasteiger partial charge in [0.15, 0.2) is 0 Å². The van der Waals surface area contributed by atoms with Gasteiger partial charge in [0.25, 0.3) is 11.6 Å². The Morgan fingerprint density at radius 1 is 1.35 bits per heavy atom. The molecule has 1 saturated heterocycles. The number of fused-ring (bicyclic) bond motifs is 1. The zero-order valence-corrected chi connectivity index (χ0v) is 14.5. The molecule has 2 heterocycles. The molecule has 136 valence electrons. The van der Waals surface area contributed by atoms with E-state index in [0.717, 1.165) is 0 Å². The summed E-state index contributed by atoms with van der Waals surface area (Å²) in [5, 5.41) is 21.1. The number of aliphatic carboxylic acids is 1. The molecule has 1 amide bonds. The van der Waals surface area contributed by atoms with E-state index in [1.54, 1.807) is 12.1 Å². The van der Waals surface area contributed by atoms with Gasteiger partial charge in [0.05, 0.1) is 26.8 Å². The van der Waals surface area contributed by atoms with Gasteiger partial charge in [-0.2, -0.15) is 0 Å². The van der Waals surface area contributed by atoms with Gasteiger partial charge < -0.3 is 10.0 Å². The number of pyridine rings is 1. The SMILES string of the molecule is CC(C)C1(C(=O)O)CCN(C(=O)c2ccc([N+](=O)[O-])c3cccnc23)C1. The van der Waals surface area contributed by atoms with Crippen LogP contribution in [-0.4, -0.2) is 44.9 Å². The molecule has 3 rings (SSSR count). The Kier molecular flexibility index (Phi) is 4.35. The number of amides is 1. The number of carboxylic acids is 1. The molecule has 1 atom stereocenters. The Hall–Kier alpha value is -3.03. The number of hydrogen-bond acceptors (Lipinski definition) is 5. The molecule has 1 unspecified atom stereocenters. The Bertz CT molecular complexity index is 911. The van der Waals surface area contributed by atoms with E-state index in [4.69, 9.17) is 0 Å². The van der Waals surface area contributed by atoms with Crippen molar-refractivity contribution >= 4 is 28.5 Å². The van der Waals surface area contributed by atoms with Gasteiger partial charge in [-0.05, 0) is 30.5 Å². The highest BCUT2D eigenvalue weighted by Crippen LogP contribution is 2.39. The van der Waals surface area contributed by atoms with Crippen LogP contribution in [0.4, 0.5) is 5.69 Å². The Morgan fingerprint density at radius 3 is 2.65 bits per heavy atom. The standard InChI is InChI=1S/C18H19N3O5/c1-11(2)18(17(23)24)7-9-20(10-18)16(22)13-5-6-14(21(25)26)12-4-3-8-19-15(12)13/h3-6,8,11H,7,9-10H2,1-2H3,(H,23,24). The molecule has 8 heteroatoms. The van der Waals surface area contributed by atoms with Gasteiger partial charge >= 0.3 is 5.97 Å². The summed E-state index contributed by atoms with van der Waals surface area (Å²) < 4.78 is 0. The molecule has 2 aromatic rings. The number of nitro groups is 1. The zero-order chi connectivity index (χ0) is 19.1. The van der Waals surface area contributed by atoms with E-state index in [0.29, 0.717) is 13.0 Å². The number of likely N-dealkylation sites (tertiary alicyclic amines) is 1. The summed E-state index contributed by atoms with van der Waals surface area (Å²) in [5.74, 6) is -1.38. The largest absolute Gasteiger partial charge is 0.481 e. The van der Waals surface area contributed by atoms with Crippen LogP contribution >= 0.6 is 0 Å². The van der Waals surface area contributed by atoms with Crippen LogP contribution in [0.15, 0.2) is 30.5 Å². The van der Waals surface area contributed by atoms with Gasteiger partial charge in [-0.1, -0.05) is 13.8 Å². The lowest BCUT2D eigenvalue weighted by Gasteiger charge is -2.28. The van der Waals surface area contributed by atoms with Gasteiger partial charge in [-0.25, -0.2) is 0 Å². The highest BCUT2D eigenvalue weighted by atomic mass is 16.6. The average Bonchev–Trinajstić information content (AvgIpc) is 3.07. The first-order chi connectivity index (χ1) is 12.3. The molecule has 1 aliphatic rings. The van der Waals surface area contributed by atoms with Gasteiger partial charge in [0.2, 0.25) is 0 Å². The van der Waals surface area contributed by atoms with E-state index in [9.17, 15) is 24.8 Å². The van der Waals surface area contributed by atoms with E-state index in [-0.39, 0.29) is 40.5 Å². The average molecular weight is 357 g/mol. The summed E-state index contributed by atoms with van der Waals surface area (Å²) in [4.78, 5) is 41.1. The van der Waals surface area contributed by atoms with E-state index in [2.05, 4.69) is 4.98 Å². The van der Waals surface area contributed by atoms with E-state index in [1.807, 2.05) is 13.8 Å². The van der Waals surface area contributed by atoms with Crippen molar-refractivity contribution in [1.82, 2.24) is 9.88 Å². The third-order valence-electron chi connectivity index (χ3n) is 5.29. The van der Waals surface area contributed by atoms with Crippen molar-refractivity contribution in [3.05, 3.63) is 46.1 Å². The van der Waals surface area contributed by atoms with Crippen molar-refractivity contribution in [3.63, 3.8) is 0 Å². The molecule has 8 nitrogen and oxygen atoms in total. The van der Waals surface area contributed by atoms with Crippen molar-refractivity contribution < 1.29 is 19.6 Å². The maximum Gasteiger partial charge on any atom is 0.311 e. The summed E-state index contributed by atoms with van der Waals surface area (Å²) in [6.07, 6.45) is 1.85. The number of non-ortho nitro benzene ring substituents is 1. The first kappa shape index (κ1) is 17.8. The van der Waals surface area contributed by atoms with Crippen LogP contribution in [-0.2, 0) is 4.79 Å². The van der Waals surface area contributed by atoms with Crippen molar-refractivity contribution in [2.45, 2.75) is 20.3 Å². The number of carboxylic acid groups (broad SMARTS) is 1. The van der Waals surface area contributed by atoms with Gasteiger partial charge in [-0.3, -0.25) is 24.7 Å². The monoisotopic (exact) mass is 357 g/mol. The second kappa shape index (κ2) is 6.36. The number of nitro benzene ring substituents is 1. The van der Waals surface area contributed by atoms with Crippen LogP contribution in [0.3, 0.4) is 0 Å². The quantitative estimate of drug-likeness (QED) is 0.665. The zero-order valence-electron chi connectivity index (χ0n) is 14.5. The number of carbonyl (C=O) groups excluding carboxylic acids is 1. The Balaban J connectivity index is 2.01. The third-order valence-corrected chi connectivity index (χ3v) is 5.29. The molecular weight excluding hydrogens is 338 g/mol. The maximum absolute atomic E-state index is 13.0. The molecule has 1 N–H and O–H groups in total. The van der Waals surface area contributed by atoms with Crippen LogP contribution in [0.2, 0.25) is 0 Å². The number of aromatic nitrogens is 1. The molecule has 1 aliphatic heterocycles. The number of rotatable bonds is 4. The second-order valence-corrected chi connectivity index (χ2v) is 6.88. The fraction of sp³-hybridized carbons (Fsp3) is 0.389. The highest BCUT2D eigenvalue weighted by Gasteiger charge is 2.48. The van der Waals surface area contributed by atoms with E-state index in [1.165, 1.54) is 23.2 Å². The van der Waals surface area contributed by atoms with Crippen molar-refractivity contribution in [2.24, 2.45) is 11.3 Å². The van der Waals surface area contributed by atoms with Crippen LogP contribution in [0.5, 0.6) is 0 Å². The van der Waals surface area contributed by atoms with Crippen LogP contribution in [0.25, 0.3) is 10.9 Å². The molecule has 1 fully saturated rings. The molecule has 0 radical (unpaired) electrons. The predicted octanol–water partition coefficient (Wildman–Crippen LogP) is 2.72. The van der Waals surface area contributed by atoms with Crippen molar-refractivity contribution in [3.8, 4) is 0 Å². The molecule has 0 aliphatic carbocycles. The minimum Gasteiger partial charge on any atom is -0.481 e. The van der Waals surface area contributed by atoms with Crippen molar-refractivity contribution in [1.29, 1.82) is 0 Å². The summed E-state index contributed by atoms with van der Waals surface area (Å²) in [7, 11) is 0. The van der Waals surface area contributed by atoms with Crippen LogP contribution in [0.1, 0.15) is 30.6 Å². The first-order valence-electron chi connectivity index (χ1n) is 8.32. The minimum absolute atomic E-state index is 0.115. The molecule has 1 aromatic carbocycles. The summed E-state index contributed by atoms with van der Waals surface area (Å²) in [5.41, 5.74) is -0.590. The number of nitrogens with zero attached hydrogens (tertiary/aromatic N) is 3. The van der Waals surface area contributed by atoms with Crippen LogP contribution < -0.4 is 0 Å². The van der Waals surface area contributed by atoms with Gasteiger partial charge in [-0.15, -0.1) is 0 Å². The molecule has 0 bridgehead atoms. The summed E-state index contributed by atoms with van der Waals surface area (Å²) in [6.45, 7) is 4.12. The Labute approximate surface area is 149 Å². The lowest BCUT2D eigenvalue weighted by Crippen LogP contribution is -2.40. The third kappa shape index (κ3) is 2.67. The second-order valence-electron chi connectivity index (χ2n) is 6.88. The lowest BCUT2D eigenvalue weighted by molar-refractivity contribution is -0.383. The molecule has 0 spiro atoms. The van der Waals surface area contributed by atoms with E-state index < -0.39 is 16.3 Å². The molecule has 26 heavy (non-hydrogen) atoms. The van der Waals surface area contributed by atoms with Crippen molar-refractivity contribution in [2.75, 3.05) is 13.1 Å². The smallest absolute Gasteiger partial charge is 0.311 e. The van der Waals surface area contributed by atoms with Gasteiger partial charge in [0, 0.05) is 25.4 Å². The first-order valence-corrected chi connectivity index (χ1v) is 8.32. The van der Waals surface area contributed by atoms with Gasteiger partial charge in [0.1, 0.15) is 0 Å². The predicted molar refractivity (Wildman–Crippen MR) is 93.8 cm³/mol. The van der Waals surface area contributed by atoms with E-state index >= 15 is 0 Å². The Morgan fingerprint density at radius 2 is 2.08 bits per heavy atom. The normalized spacial score (nSPS) is 19.9. The summed E-state index contributed by atoms with van der Waals surface area (Å²) in [6, 6.07) is 5.82. The molecular formula is C18H19N3O5. The number of benzene rings is 1. The molecule has 0 saturated carbocycles. The maximum atomic E-state index is 13.0. The molecule has 1 aromatic heterocycles. The minimum atomic E-state index is -0.973. The lowest BCUT2D eigenvalue weighted by atomic mass is 9.76. The highest BCUT2D eigenvalue weighted by molar-refractivity contribution is 6.08. The topological polar surface area (TPSA) is 114 Å². The number of hydrogen-bond donors (Lipinski definition) is 1. The van der Waals surface area contributed by atoms with Crippen LogP contribution in [0, 0.1) is 21.4 Å². The fourth-order valence-corrected chi connectivity index (χ4v) is 3.56.